The normalized spacial score (nSPS) is 10.7. The molecule has 2 aromatic carbocycles. The SMILES string of the molecule is COc1ccc(-c2cc(CNC(=O)/C=C/c3ccccc3)ncn2)cc1. The number of rotatable bonds is 6. The predicted molar refractivity (Wildman–Crippen MR) is 101 cm³/mol. The number of aromatic nitrogens is 2. The molecule has 0 aliphatic rings. The number of carbonyl (C=O) groups is 1. The van der Waals surface area contributed by atoms with Gasteiger partial charge < -0.3 is 10.1 Å². The Morgan fingerprint density at radius 3 is 2.58 bits per heavy atom. The van der Waals surface area contributed by atoms with E-state index >= 15 is 0 Å². The zero-order valence-electron chi connectivity index (χ0n) is 14.4. The van der Waals surface area contributed by atoms with Crippen LogP contribution in [0, 0.1) is 0 Å². The lowest BCUT2D eigenvalue weighted by Crippen LogP contribution is -2.20. The first-order valence-corrected chi connectivity index (χ1v) is 8.21. The number of nitrogens with zero attached hydrogens (tertiary/aromatic N) is 2. The first-order valence-electron chi connectivity index (χ1n) is 8.21. The van der Waals surface area contributed by atoms with Gasteiger partial charge in [-0.2, -0.15) is 0 Å². The molecule has 5 heteroatoms. The number of hydrogen-bond acceptors (Lipinski definition) is 4. The lowest BCUT2D eigenvalue weighted by molar-refractivity contribution is -0.116. The average molecular weight is 345 g/mol. The number of nitrogens with one attached hydrogen (secondary N) is 1. The molecule has 0 saturated heterocycles. The van der Waals surface area contributed by atoms with Gasteiger partial charge in [-0.15, -0.1) is 0 Å². The third kappa shape index (κ3) is 4.77. The highest BCUT2D eigenvalue weighted by Crippen LogP contribution is 2.20. The number of amides is 1. The Morgan fingerprint density at radius 2 is 1.85 bits per heavy atom. The van der Waals surface area contributed by atoms with Gasteiger partial charge in [0.1, 0.15) is 12.1 Å². The summed E-state index contributed by atoms with van der Waals surface area (Å²) < 4.78 is 5.16. The Morgan fingerprint density at radius 1 is 1.08 bits per heavy atom. The third-order valence-electron chi connectivity index (χ3n) is 3.78. The van der Waals surface area contributed by atoms with E-state index in [1.54, 1.807) is 13.2 Å². The molecule has 3 aromatic rings. The molecule has 0 aliphatic carbocycles. The van der Waals surface area contributed by atoms with Gasteiger partial charge in [0.15, 0.2) is 0 Å². The molecule has 26 heavy (non-hydrogen) atoms. The molecule has 0 fully saturated rings. The summed E-state index contributed by atoms with van der Waals surface area (Å²) in [6.45, 7) is 0.337. The highest BCUT2D eigenvalue weighted by Gasteiger charge is 2.04. The zero-order valence-corrected chi connectivity index (χ0v) is 14.4. The summed E-state index contributed by atoms with van der Waals surface area (Å²) in [6.07, 6.45) is 4.79. The lowest BCUT2D eigenvalue weighted by Gasteiger charge is -2.06. The van der Waals surface area contributed by atoms with E-state index in [1.165, 1.54) is 12.4 Å². The monoisotopic (exact) mass is 345 g/mol. The maximum Gasteiger partial charge on any atom is 0.244 e. The number of benzene rings is 2. The quantitative estimate of drug-likeness (QED) is 0.695. The topological polar surface area (TPSA) is 64.1 Å². The average Bonchev–Trinajstić information content (AvgIpc) is 2.72. The van der Waals surface area contributed by atoms with Crippen molar-refractivity contribution in [3.8, 4) is 17.0 Å². The van der Waals surface area contributed by atoms with Crippen LogP contribution in [0.2, 0.25) is 0 Å². The van der Waals surface area contributed by atoms with E-state index in [0.717, 1.165) is 28.3 Å². The largest absolute Gasteiger partial charge is 0.497 e. The summed E-state index contributed by atoms with van der Waals surface area (Å²) in [5.74, 6) is 0.624. The molecule has 1 N–H and O–H groups in total. The summed E-state index contributed by atoms with van der Waals surface area (Å²) >= 11 is 0. The Kier molecular flexibility index (Phi) is 5.72. The molecule has 0 saturated carbocycles. The van der Waals surface area contributed by atoms with Crippen LogP contribution in [0.4, 0.5) is 0 Å². The minimum Gasteiger partial charge on any atom is -0.497 e. The maximum atomic E-state index is 12.0. The second-order valence-electron chi connectivity index (χ2n) is 5.58. The Labute approximate surface area is 152 Å². The molecule has 5 nitrogen and oxygen atoms in total. The molecule has 1 aromatic heterocycles. The van der Waals surface area contributed by atoms with Crippen molar-refractivity contribution in [2.45, 2.75) is 6.54 Å². The maximum absolute atomic E-state index is 12.0. The van der Waals surface area contributed by atoms with Crippen LogP contribution in [-0.4, -0.2) is 23.0 Å². The highest BCUT2D eigenvalue weighted by atomic mass is 16.5. The molecule has 0 unspecified atom stereocenters. The molecule has 0 bridgehead atoms. The van der Waals surface area contributed by atoms with Gasteiger partial charge in [0.05, 0.1) is 25.0 Å². The molecule has 0 aliphatic heterocycles. The van der Waals surface area contributed by atoms with Crippen LogP contribution in [0.25, 0.3) is 17.3 Å². The fourth-order valence-electron chi connectivity index (χ4n) is 2.39. The fraction of sp³-hybridized carbons (Fsp3) is 0.0952. The van der Waals surface area contributed by atoms with Crippen molar-refractivity contribution in [2.24, 2.45) is 0 Å². The highest BCUT2D eigenvalue weighted by molar-refractivity contribution is 5.91. The van der Waals surface area contributed by atoms with Crippen molar-refractivity contribution >= 4 is 12.0 Å². The Hall–Kier alpha value is -3.47. The van der Waals surface area contributed by atoms with Gasteiger partial charge in [-0.1, -0.05) is 30.3 Å². The first kappa shape index (κ1) is 17.4. The Balaban J connectivity index is 1.61. The number of hydrogen-bond donors (Lipinski definition) is 1. The molecule has 1 amide bonds. The van der Waals surface area contributed by atoms with Gasteiger partial charge >= 0.3 is 0 Å². The minimum atomic E-state index is -0.168. The zero-order chi connectivity index (χ0) is 18.2. The summed E-state index contributed by atoms with van der Waals surface area (Å²) in [5, 5.41) is 2.83. The molecule has 1 heterocycles. The second kappa shape index (κ2) is 8.58. The molecule has 0 spiro atoms. The molecule has 3 rings (SSSR count). The molecular weight excluding hydrogens is 326 g/mol. The first-order chi connectivity index (χ1) is 12.7. The van der Waals surface area contributed by atoms with Crippen molar-refractivity contribution in [2.75, 3.05) is 7.11 Å². The molecule has 130 valence electrons. The van der Waals surface area contributed by atoms with Gasteiger partial charge in [0.25, 0.3) is 0 Å². The lowest BCUT2D eigenvalue weighted by atomic mass is 10.1. The van der Waals surface area contributed by atoms with Crippen molar-refractivity contribution in [3.05, 3.63) is 84.3 Å². The van der Waals surface area contributed by atoms with Gasteiger partial charge in [-0.25, -0.2) is 9.97 Å². The number of ether oxygens (including phenoxy) is 1. The molecular formula is C21H19N3O2. The van der Waals surface area contributed by atoms with E-state index in [0.29, 0.717) is 6.54 Å². The smallest absolute Gasteiger partial charge is 0.244 e. The fourth-order valence-corrected chi connectivity index (χ4v) is 2.39. The third-order valence-corrected chi connectivity index (χ3v) is 3.78. The van der Waals surface area contributed by atoms with Crippen LogP contribution in [0.1, 0.15) is 11.3 Å². The van der Waals surface area contributed by atoms with Gasteiger partial charge in [-0.3, -0.25) is 4.79 Å². The molecule has 0 radical (unpaired) electrons. The minimum absolute atomic E-state index is 0.168. The van der Waals surface area contributed by atoms with Crippen LogP contribution in [0.5, 0.6) is 5.75 Å². The second-order valence-corrected chi connectivity index (χ2v) is 5.58. The van der Waals surface area contributed by atoms with E-state index in [4.69, 9.17) is 4.74 Å². The summed E-state index contributed by atoms with van der Waals surface area (Å²) in [6, 6.07) is 19.2. The van der Waals surface area contributed by atoms with Crippen molar-refractivity contribution in [3.63, 3.8) is 0 Å². The molecule has 0 atom stereocenters. The summed E-state index contributed by atoms with van der Waals surface area (Å²) in [4.78, 5) is 20.5. The predicted octanol–water partition coefficient (Wildman–Crippen LogP) is 3.48. The van der Waals surface area contributed by atoms with Crippen molar-refractivity contribution in [1.29, 1.82) is 0 Å². The number of carbonyl (C=O) groups excluding carboxylic acids is 1. The number of methoxy groups -OCH3 is 1. The van der Waals surface area contributed by atoms with E-state index in [1.807, 2.05) is 60.7 Å². The van der Waals surface area contributed by atoms with Gasteiger partial charge in [0.2, 0.25) is 5.91 Å². The van der Waals surface area contributed by atoms with Crippen LogP contribution >= 0.6 is 0 Å². The summed E-state index contributed by atoms with van der Waals surface area (Å²) in [7, 11) is 1.63. The van der Waals surface area contributed by atoms with Crippen molar-refractivity contribution in [1.82, 2.24) is 15.3 Å². The van der Waals surface area contributed by atoms with Gasteiger partial charge in [-0.05, 0) is 42.0 Å². The van der Waals surface area contributed by atoms with Gasteiger partial charge in [0, 0.05) is 11.6 Å². The van der Waals surface area contributed by atoms with Crippen LogP contribution in [0.15, 0.2) is 73.1 Å². The van der Waals surface area contributed by atoms with Crippen LogP contribution < -0.4 is 10.1 Å². The van der Waals surface area contributed by atoms with Crippen LogP contribution in [0.3, 0.4) is 0 Å². The van der Waals surface area contributed by atoms with Crippen LogP contribution in [-0.2, 0) is 11.3 Å². The van der Waals surface area contributed by atoms with E-state index in [9.17, 15) is 4.79 Å². The van der Waals surface area contributed by atoms with E-state index in [2.05, 4.69) is 15.3 Å². The standard InChI is InChI=1S/C21H19N3O2/c1-26-19-10-8-17(9-11-19)20-13-18(23-15-24-20)14-22-21(25)12-7-16-5-3-2-4-6-16/h2-13,15H,14H2,1H3,(H,22,25)/b12-7+. The van der Waals surface area contributed by atoms with Crippen molar-refractivity contribution < 1.29 is 9.53 Å². The van der Waals surface area contributed by atoms with E-state index in [-0.39, 0.29) is 5.91 Å². The van der Waals surface area contributed by atoms with E-state index < -0.39 is 0 Å². The Bertz CT molecular complexity index is 891. The summed E-state index contributed by atoms with van der Waals surface area (Å²) in [5.41, 5.74) is 3.48.